The summed E-state index contributed by atoms with van der Waals surface area (Å²) in [6.07, 6.45) is 2.89. The van der Waals surface area contributed by atoms with Crippen LogP contribution >= 0.6 is 0 Å². The van der Waals surface area contributed by atoms with Gasteiger partial charge in [0.2, 0.25) is 15.8 Å². The topological polar surface area (TPSA) is 118 Å². The van der Waals surface area contributed by atoms with Crippen LogP contribution in [-0.2, 0) is 14.8 Å². The summed E-state index contributed by atoms with van der Waals surface area (Å²) in [4.78, 5) is 20.3. The monoisotopic (exact) mass is 498 g/mol. The van der Waals surface area contributed by atoms with E-state index >= 15 is 0 Å². The van der Waals surface area contributed by atoms with Crippen LogP contribution in [0.25, 0.3) is 22.2 Å². The van der Waals surface area contributed by atoms with E-state index in [2.05, 4.69) is 9.97 Å². The minimum Gasteiger partial charge on any atom is -0.396 e. The lowest BCUT2D eigenvalue weighted by molar-refractivity contribution is 0.0730. The lowest BCUT2D eigenvalue weighted by Gasteiger charge is -2.26. The minimum absolute atomic E-state index is 0.0317. The number of hydrogen-bond acceptors (Lipinski definition) is 6. The maximum atomic E-state index is 14.4. The Morgan fingerprint density at radius 2 is 1.77 bits per heavy atom. The zero-order valence-electron chi connectivity index (χ0n) is 18.3. The van der Waals surface area contributed by atoms with Gasteiger partial charge in [-0.05, 0) is 35.9 Å². The van der Waals surface area contributed by atoms with Gasteiger partial charge in [-0.2, -0.15) is 4.31 Å². The first-order valence-electron chi connectivity index (χ1n) is 10.7. The number of nitrogens with two attached hydrogens (primary N) is 1. The number of halogens is 2. The second-order valence-corrected chi connectivity index (χ2v) is 9.96. The Morgan fingerprint density at radius 3 is 2.49 bits per heavy atom. The van der Waals surface area contributed by atoms with Gasteiger partial charge >= 0.3 is 0 Å². The molecule has 0 saturated carbocycles. The average molecular weight is 499 g/mol. The molecule has 0 atom stereocenters. The Morgan fingerprint density at radius 1 is 1.06 bits per heavy atom. The summed E-state index contributed by atoms with van der Waals surface area (Å²) >= 11 is 0. The zero-order valence-corrected chi connectivity index (χ0v) is 19.1. The molecule has 3 N–H and O–H groups in total. The molecule has 35 heavy (non-hydrogen) atoms. The molecule has 2 aromatic carbocycles. The van der Waals surface area contributed by atoms with Gasteiger partial charge in [0.25, 0.3) is 0 Å². The predicted molar refractivity (Wildman–Crippen MR) is 125 cm³/mol. The maximum Gasteiger partial charge on any atom is 0.243 e. The fraction of sp³-hybridized carbons (Fsp3) is 0.167. The number of nitrogens with zero attached hydrogens (tertiary/aromatic N) is 2. The number of fused-ring (bicyclic) bond motifs is 1. The van der Waals surface area contributed by atoms with Gasteiger partial charge in [0, 0.05) is 42.0 Å². The van der Waals surface area contributed by atoms with Crippen LogP contribution in [0.2, 0.25) is 0 Å². The van der Waals surface area contributed by atoms with E-state index in [0.717, 1.165) is 12.1 Å². The molecule has 1 saturated heterocycles. The van der Waals surface area contributed by atoms with Crippen molar-refractivity contribution in [1.82, 2.24) is 14.3 Å². The molecule has 2 aromatic heterocycles. The fourth-order valence-electron chi connectivity index (χ4n) is 4.02. The summed E-state index contributed by atoms with van der Waals surface area (Å²) in [5, 5.41) is 0.360. The number of nitrogen functional groups attached to an aromatic ring is 1. The van der Waals surface area contributed by atoms with E-state index in [9.17, 15) is 22.0 Å². The molecule has 1 fully saturated rings. The first-order valence-corrected chi connectivity index (χ1v) is 12.1. The van der Waals surface area contributed by atoms with Crippen LogP contribution in [0.1, 0.15) is 15.9 Å². The summed E-state index contributed by atoms with van der Waals surface area (Å²) in [6, 6.07) is 9.94. The van der Waals surface area contributed by atoms with E-state index in [-0.39, 0.29) is 16.1 Å². The molecule has 1 aliphatic heterocycles. The number of ether oxygens (including phenoxy) is 1. The second kappa shape index (κ2) is 8.84. The third kappa shape index (κ3) is 4.07. The van der Waals surface area contributed by atoms with Gasteiger partial charge in [0.05, 0.1) is 29.4 Å². The lowest BCUT2D eigenvalue weighted by Crippen LogP contribution is -2.40. The van der Waals surface area contributed by atoms with Crippen LogP contribution in [0.3, 0.4) is 0 Å². The van der Waals surface area contributed by atoms with Crippen molar-refractivity contribution in [3.63, 3.8) is 0 Å². The molecular weight excluding hydrogens is 478 g/mol. The number of nitrogens with one attached hydrogen (secondary N) is 1. The molecule has 8 nitrogen and oxygen atoms in total. The maximum absolute atomic E-state index is 14.4. The van der Waals surface area contributed by atoms with E-state index in [1.807, 2.05) is 0 Å². The van der Waals surface area contributed by atoms with E-state index in [0.29, 0.717) is 48.5 Å². The van der Waals surface area contributed by atoms with E-state index in [1.165, 1.54) is 22.6 Å². The molecule has 0 bridgehead atoms. The third-order valence-corrected chi connectivity index (χ3v) is 7.83. The highest BCUT2D eigenvalue weighted by molar-refractivity contribution is 7.89. The summed E-state index contributed by atoms with van der Waals surface area (Å²) in [7, 11) is -3.64. The van der Waals surface area contributed by atoms with Crippen molar-refractivity contribution in [3.8, 4) is 11.1 Å². The number of pyridine rings is 1. The normalized spacial score (nSPS) is 14.9. The second-order valence-electron chi connectivity index (χ2n) is 8.02. The standard InChI is InChI=1S/C24H20F2N4O4S/c25-19-5-6-20(27)22(26)21(19)23(31)18-13-29-24-17(18)11-15(12-28-24)14-1-3-16(4-2-14)35(32,33)30-7-9-34-10-8-30/h1-6,11-13H,7-10,27H2,(H,28,29). The number of sulfonamides is 1. The van der Waals surface area contributed by atoms with Gasteiger partial charge in [0.15, 0.2) is 5.82 Å². The highest BCUT2D eigenvalue weighted by Crippen LogP contribution is 2.29. The molecule has 0 unspecified atom stereocenters. The Hall–Kier alpha value is -3.67. The number of hydrogen-bond donors (Lipinski definition) is 2. The summed E-state index contributed by atoms with van der Waals surface area (Å²) in [5.74, 6) is -3.01. The minimum atomic E-state index is -3.64. The van der Waals surface area contributed by atoms with E-state index < -0.39 is 33.0 Å². The Bertz CT molecular complexity index is 1550. The molecular formula is C24H20F2N4O4S. The highest BCUT2D eigenvalue weighted by atomic mass is 32.2. The van der Waals surface area contributed by atoms with Gasteiger partial charge in [-0.3, -0.25) is 4.79 Å². The average Bonchev–Trinajstić information content (AvgIpc) is 3.30. The largest absolute Gasteiger partial charge is 0.396 e. The molecule has 3 heterocycles. The Balaban J connectivity index is 1.50. The quantitative estimate of drug-likeness (QED) is 0.322. The Kier molecular flexibility index (Phi) is 5.83. The number of aromatic amines is 1. The first kappa shape index (κ1) is 23.1. The number of ketones is 1. The van der Waals surface area contributed by atoms with Crippen LogP contribution in [0, 0.1) is 11.6 Å². The van der Waals surface area contributed by atoms with Crippen molar-refractivity contribution in [2.24, 2.45) is 0 Å². The molecule has 11 heteroatoms. The van der Waals surface area contributed by atoms with Crippen molar-refractivity contribution in [1.29, 1.82) is 0 Å². The molecule has 0 amide bonds. The van der Waals surface area contributed by atoms with Crippen LogP contribution in [0.15, 0.2) is 59.8 Å². The number of aromatic nitrogens is 2. The molecule has 0 radical (unpaired) electrons. The summed E-state index contributed by atoms with van der Waals surface area (Å²) in [6.45, 7) is 1.29. The Labute approximate surface area is 199 Å². The molecule has 1 aliphatic rings. The smallest absolute Gasteiger partial charge is 0.243 e. The highest BCUT2D eigenvalue weighted by Gasteiger charge is 2.27. The van der Waals surface area contributed by atoms with Crippen molar-refractivity contribution in [2.45, 2.75) is 4.90 Å². The summed E-state index contributed by atoms with van der Waals surface area (Å²) < 4.78 is 61.0. The number of morpholine rings is 1. The van der Waals surface area contributed by atoms with Crippen molar-refractivity contribution in [3.05, 3.63) is 77.6 Å². The first-order chi connectivity index (χ1) is 16.8. The molecule has 0 aliphatic carbocycles. The number of rotatable bonds is 5. The number of benzene rings is 2. The summed E-state index contributed by atoms with van der Waals surface area (Å²) in [5.41, 5.74) is 6.08. The molecule has 5 rings (SSSR count). The van der Waals surface area contributed by atoms with Gasteiger partial charge in [0.1, 0.15) is 11.5 Å². The molecule has 180 valence electrons. The van der Waals surface area contributed by atoms with Gasteiger partial charge < -0.3 is 15.5 Å². The fourth-order valence-corrected chi connectivity index (χ4v) is 5.42. The van der Waals surface area contributed by atoms with Crippen LogP contribution in [0.5, 0.6) is 0 Å². The lowest BCUT2D eigenvalue weighted by atomic mass is 10.00. The van der Waals surface area contributed by atoms with Gasteiger partial charge in [-0.15, -0.1) is 0 Å². The number of carbonyl (C=O) groups is 1. The van der Waals surface area contributed by atoms with E-state index in [4.69, 9.17) is 10.5 Å². The van der Waals surface area contributed by atoms with Gasteiger partial charge in [-0.1, -0.05) is 12.1 Å². The predicted octanol–water partition coefficient (Wildman–Crippen LogP) is 3.34. The molecule has 0 spiro atoms. The number of anilines is 1. The zero-order chi connectivity index (χ0) is 24.7. The van der Waals surface area contributed by atoms with Crippen molar-refractivity contribution in [2.75, 3.05) is 32.0 Å². The van der Waals surface area contributed by atoms with Crippen molar-refractivity contribution < 1.29 is 26.7 Å². The number of carbonyl (C=O) groups excluding carboxylic acids is 1. The van der Waals surface area contributed by atoms with Crippen LogP contribution in [0.4, 0.5) is 14.5 Å². The van der Waals surface area contributed by atoms with Crippen LogP contribution < -0.4 is 5.73 Å². The van der Waals surface area contributed by atoms with Crippen LogP contribution in [-0.4, -0.2) is 54.8 Å². The molecule has 4 aromatic rings. The third-order valence-electron chi connectivity index (χ3n) is 5.92. The van der Waals surface area contributed by atoms with Crippen molar-refractivity contribution >= 4 is 32.5 Å². The van der Waals surface area contributed by atoms with E-state index in [1.54, 1.807) is 24.4 Å². The number of H-pyrrole nitrogens is 1. The SMILES string of the molecule is Nc1ccc(F)c(C(=O)c2c[nH]c3ncc(-c4ccc(S(=O)(=O)N5CCOCC5)cc4)cc23)c1F. The van der Waals surface area contributed by atoms with Gasteiger partial charge in [-0.25, -0.2) is 22.2 Å².